The highest BCUT2D eigenvalue weighted by Crippen LogP contribution is 2.10. The van der Waals surface area contributed by atoms with E-state index >= 15 is 0 Å². The van der Waals surface area contributed by atoms with Crippen molar-refractivity contribution in [2.45, 2.75) is 26.4 Å². The van der Waals surface area contributed by atoms with Crippen LogP contribution < -0.4 is 5.32 Å². The second kappa shape index (κ2) is 7.39. The van der Waals surface area contributed by atoms with Crippen LogP contribution in [0.25, 0.3) is 0 Å². The minimum absolute atomic E-state index is 0.447. The number of nitriles is 1. The first-order chi connectivity index (χ1) is 9.69. The average Bonchev–Trinajstić information content (AvgIpc) is 2.47. The zero-order chi connectivity index (χ0) is 14.4. The van der Waals surface area contributed by atoms with Gasteiger partial charge in [-0.25, -0.2) is 0 Å². The smallest absolute Gasteiger partial charge is 0.0991 e. The van der Waals surface area contributed by atoms with Crippen LogP contribution in [-0.4, -0.2) is 43.8 Å². The molecule has 1 unspecified atom stereocenters. The van der Waals surface area contributed by atoms with Crippen molar-refractivity contribution in [3.63, 3.8) is 0 Å². The van der Waals surface area contributed by atoms with Gasteiger partial charge in [-0.3, -0.25) is 4.90 Å². The molecule has 1 aliphatic heterocycles. The first-order valence-electron chi connectivity index (χ1n) is 7.22. The lowest BCUT2D eigenvalue weighted by molar-refractivity contribution is 0.0343. The topological polar surface area (TPSA) is 48.3 Å². The number of morpholine rings is 1. The van der Waals surface area contributed by atoms with E-state index < -0.39 is 0 Å². The summed E-state index contributed by atoms with van der Waals surface area (Å²) in [5.74, 6) is 0. The van der Waals surface area contributed by atoms with Gasteiger partial charge in [-0.15, -0.1) is 0 Å². The highest BCUT2D eigenvalue weighted by molar-refractivity contribution is 5.37. The van der Waals surface area contributed by atoms with Crippen molar-refractivity contribution in [3.05, 3.63) is 34.9 Å². The van der Waals surface area contributed by atoms with E-state index in [2.05, 4.69) is 30.1 Å². The summed E-state index contributed by atoms with van der Waals surface area (Å²) in [5, 5.41) is 12.4. The SMILES string of the molecule is Cc1cc(C#N)ccc1CNC(C)CN1CCOCC1. The van der Waals surface area contributed by atoms with Gasteiger partial charge in [0.05, 0.1) is 24.8 Å². The third-order valence-electron chi connectivity index (χ3n) is 3.75. The second-order valence-electron chi connectivity index (χ2n) is 5.45. The second-order valence-corrected chi connectivity index (χ2v) is 5.45. The normalized spacial score (nSPS) is 17.6. The first-order valence-corrected chi connectivity index (χ1v) is 7.22. The van der Waals surface area contributed by atoms with E-state index in [1.807, 2.05) is 18.2 Å². The summed E-state index contributed by atoms with van der Waals surface area (Å²) in [5.41, 5.74) is 3.17. The van der Waals surface area contributed by atoms with Crippen LogP contribution >= 0.6 is 0 Å². The minimum atomic E-state index is 0.447. The molecule has 4 nitrogen and oxygen atoms in total. The van der Waals surface area contributed by atoms with E-state index in [1.54, 1.807) is 0 Å². The summed E-state index contributed by atoms with van der Waals surface area (Å²) in [6.07, 6.45) is 0. The Kier molecular flexibility index (Phi) is 5.54. The van der Waals surface area contributed by atoms with Gasteiger partial charge in [0, 0.05) is 32.2 Å². The van der Waals surface area contributed by atoms with Gasteiger partial charge in [-0.05, 0) is 37.1 Å². The maximum absolute atomic E-state index is 8.87. The molecule has 1 fully saturated rings. The van der Waals surface area contributed by atoms with Crippen molar-refractivity contribution >= 4 is 0 Å². The Bertz CT molecular complexity index is 475. The maximum atomic E-state index is 8.87. The molecular formula is C16H23N3O. The fourth-order valence-corrected chi connectivity index (χ4v) is 2.48. The fraction of sp³-hybridized carbons (Fsp3) is 0.562. The van der Waals surface area contributed by atoms with Crippen molar-refractivity contribution < 1.29 is 4.74 Å². The molecule has 0 radical (unpaired) electrons. The molecule has 2 rings (SSSR count). The lowest BCUT2D eigenvalue weighted by atomic mass is 10.1. The Hall–Kier alpha value is -1.41. The Labute approximate surface area is 121 Å². The molecule has 0 spiro atoms. The molecule has 1 aliphatic rings. The van der Waals surface area contributed by atoms with Gasteiger partial charge in [0.15, 0.2) is 0 Å². The molecule has 0 amide bonds. The Morgan fingerprint density at radius 1 is 1.40 bits per heavy atom. The van der Waals surface area contributed by atoms with Crippen LogP contribution in [0.2, 0.25) is 0 Å². The molecule has 1 N–H and O–H groups in total. The summed E-state index contributed by atoms with van der Waals surface area (Å²) in [7, 11) is 0. The number of nitrogens with zero attached hydrogens (tertiary/aromatic N) is 2. The molecule has 1 aromatic carbocycles. The molecule has 0 aromatic heterocycles. The highest BCUT2D eigenvalue weighted by atomic mass is 16.5. The van der Waals surface area contributed by atoms with Gasteiger partial charge in [0.25, 0.3) is 0 Å². The van der Waals surface area contributed by atoms with E-state index in [1.165, 1.54) is 11.1 Å². The van der Waals surface area contributed by atoms with E-state index in [-0.39, 0.29) is 0 Å². The van der Waals surface area contributed by atoms with Crippen molar-refractivity contribution in [1.29, 1.82) is 5.26 Å². The van der Waals surface area contributed by atoms with Gasteiger partial charge in [-0.2, -0.15) is 5.26 Å². The summed E-state index contributed by atoms with van der Waals surface area (Å²) in [6.45, 7) is 9.94. The first kappa shape index (κ1) is 15.0. The van der Waals surface area contributed by atoms with Crippen molar-refractivity contribution in [2.75, 3.05) is 32.8 Å². The van der Waals surface area contributed by atoms with Gasteiger partial charge < -0.3 is 10.1 Å². The Morgan fingerprint density at radius 2 is 2.15 bits per heavy atom. The Balaban J connectivity index is 1.80. The number of aryl methyl sites for hydroxylation is 1. The molecular weight excluding hydrogens is 250 g/mol. The lowest BCUT2D eigenvalue weighted by Crippen LogP contribution is -2.44. The van der Waals surface area contributed by atoms with Crippen molar-refractivity contribution in [3.8, 4) is 6.07 Å². The van der Waals surface area contributed by atoms with Gasteiger partial charge >= 0.3 is 0 Å². The molecule has 20 heavy (non-hydrogen) atoms. The third kappa shape index (κ3) is 4.31. The van der Waals surface area contributed by atoms with Crippen LogP contribution in [-0.2, 0) is 11.3 Å². The van der Waals surface area contributed by atoms with Crippen molar-refractivity contribution in [2.24, 2.45) is 0 Å². The molecule has 0 bridgehead atoms. The predicted octanol–water partition coefficient (Wildman–Crippen LogP) is 1.68. The molecule has 1 aromatic rings. The summed E-state index contributed by atoms with van der Waals surface area (Å²) in [6, 6.07) is 8.50. The Morgan fingerprint density at radius 3 is 2.80 bits per heavy atom. The van der Waals surface area contributed by atoms with Crippen LogP contribution in [0.1, 0.15) is 23.6 Å². The van der Waals surface area contributed by atoms with Gasteiger partial charge in [0.1, 0.15) is 0 Å². The summed E-state index contributed by atoms with van der Waals surface area (Å²) in [4.78, 5) is 2.44. The van der Waals surface area contributed by atoms with Gasteiger partial charge in [0.2, 0.25) is 0 Å². The largest absolute Gasteiger partial charge is 0.379 e. The highest BCUT2D eigenvalue weighted by Gasteiger charge is 2.13. The predicted molar refractivity (Wildman–Crippen MR) is 79.5 cm³/mol. The van der Waals surface area contributed by atoms with Gasteiger partial charge in [-0.1, -0.05) is 6.07 Å². The number of ether oxygens (including phenoxy) is 1. The standard InChI is InChI=1S/C16H23N3O/c1-13-9-15(10-17)3-4-16(13)11-18-14(2)12-19-5-7-20-8-6-19/h3-4,9,14,18H,5-8,11-12H2,1-2H3. The maximum Gasteiger partial charge on any atom is 0.0991 e. The number of rotatable bonds is 5. The monoisotopic (exact) mass is 273 g/mol. The molecule has 0 aliphatic carbocycles. The van der Waals surface area contributed by atoms with E-state index in [9.17, 15) is 0 Å². The third-order valence-corrected chi connectivity index (χ3v) is 3.75. The molecule has 0 saturated carbocycles. The number of hydrogen-bond acceptors (Lipinski definition) is 4. The van der Waals surface area contributed by atoms with Crippen LogP contribution in [0.5, 0.6) is 0 Å². The van der Waals surface area contributed by atoms with Crippen LogP contribution in [0.3, 0.4) is 0 Å². The van der Waals surface area contributed by atoms with Crippen molar-refractivity contribution in [1.82, 2.24) is 10.2 Å². The van der Waals surface area contributed by atoms with E-state index in [4.69, 9.17) is 10.00 Å². The van der Waals surface area contributed by atoms with E-state index in [0.717, 1.165) is 45.0 Å². The zero-order valence-electron chi connectivity index (χ0n) is 12.4. The molecule has 108 valence electrons. The van der Waals surface area contributed by atoms with Crippen LogP contribution in [0.15, 0.2) is 18.2 Å². The molecule has 4 heteroatoms. The van der Waals surface area contributed by atoms with Crippen LogP contribution in [0, 0.1) is 18.3 Å². The minimum Gasteiger partial charge on any atom is -0.379 e. The number of benzene rings is 1. The summed E-state index contributed by atoms with van der Waals surface area (Å²) < 4.78 is 5.36. The number of hydrogen-bond donors (Lipinski definition) is 1. The van der Waals surface area contributed by atoms with E-state index in [0.29, 0.717) is 6.04 Å². The fourth-order valence-electron chi connectivity index (χ4n) is 2.48. The lowest BCUT2D eigenvalue weighted by Gasteiger charge is -2.29. The quantitative estimate of drug-likeness (QED) is 0.886. The average molecular weight is 273 g/mol. The molecule has 1 atom stereocenters. The zero-order valence-corrected chi connectivity index (χ0v) is 12.4. The molecule has 1 saturated heterocycles. The molecule has 1 heterocycles. The van der Waals surface area contributed by atoms with Crippen LogP contribution in [0.4, 0.5) is 0 Å². The number of nitrogens with one attached hydrogen (secondary N) is 1. The summed E-state index contributed by atoms with van der Waals surface area (Å²) >= 11 is 0.